The maximum Gasteiger partial charge on any atom is 0.261 e. The molecule has 0 heterocycles. The lowest BCUT2D eigenvalue weighted by Gasteiger charge is -2.18. The van der Waals surface area contributed by atoms with Crippen molar-refractivity contribution in [2.24, 2.45) is 0 Å². The summed E-state index contributed by atoms with van der Waals surface area (Å²) in [4.78, 5) is 0. The smallest absolute Gasteiger partial charge is 0.261 e. The quantitative estimate of drug-likeness (QED) is 0.637. The Labute approximate surface area is 78.9 Å². The summed E-state index contributed by atoms with van der Waals surface area (Å²) in [6.07, 6.45) is 0. The minimum atomic E-state index is -3.02. The van der Waals surface area contributed by atoms with Crippen molar-refractivity contribution in [3.05, 3.63) is 29.8 Å². The van der Waals surface area contributed by atoms with Gasteiger partial charge in [-0.25, -0.2) is 0 Å². The molecule has 0 aliphatic carbocycles. The normalized spacial score (nSPS) is 14.2. The highest BCUT2D eigenvalue weighted by Gasteiger charge is 2.13. The van der Waals surface area contributed by atoms with E-state index in [0.717, 1.165) is 5.56 Å². The second-order valence-electron chi connectivity index (χ2n) is 4.10. The van der Waals surface area contributed by atoms with Crippen LogP contribution in [-0.2, 0) is 9.98 Å². The minimum Gasteiger partial charge on any atom is -0.286 e. The van der Waals surface area contributed by atoms with Crippen LogP contribution in [0.4, 0.5) is 4.20 Å². The van der Waals surface area contributed by atoms with Gasteiger partial charge in [0.05, 0.1) is 0 Å². The van der Waals surface area contributed by atoms with E-state index in [9.17, 15) is 8.76 Å². The van der Waals surface area contributed by atoms with Gasteiger partial charge in [0, 0.05) is 5.30 Å². The maximum atomic E-state index is 12.4. The van der Waals surface area contributed by atoms with Crippen molar-refractivity contribution in [2.75, 3.05) is 0 Å². The molecule has 0 N–H and O–H groups in total. The number of benzene rings is 1. The maximum absolute atomic E-state index is 12.4. The van der Waals surface area contributed by atoms with E-state index in [1.807, 2.05) is 12.1 Å². The number of halogens is 1. The molecule has 0 aliphatic heterocycles. The molecular weight excluding hydrogens is 186 g/mol. The van der Waals surface area contributed by atoms with E-state index < -0.39 is 8.11 Å². The number of hydrogen-bond acceptors (Lipinski definition) is 1. The lowest BCUT2D eigenvalue weighted by atomic mass is 9.87. The molecule has 0 aliphatic rings. The van der Waals surface area contributed by atoms with Gasteiger partial charge in [0.15, 0.2) is 0 Å². The predicted molar refractivity (Wildman–Crippen MR) is 54.9 cm³/mol. The van der Waals surface area contributed by atoms with Gasteiger partial charge < -0.3 is 0 Å². The molecule has 1 unspecified atom stereocenters. The highest BCUT2D eigenvalue weighted by molar-refractivity contribution is 7.47. The molecule has 3 heteroatoms. The van der Waals surface area contributed by atoms with E-state index in [2.05, 4.69) is 20.8 Å². The first-order valence-corrected chi connectivity index (χ1v) is 5.50. The molecule has 0 spiro atoms. The van der Waals surface area contributed by atoms with Crippen LogP contribution in [0, 0.1) is 0 Å². The van der Waals surface area contributed by atoms with Gasteiger partial charge in [-0.15, -0.1) is 0 Å². The third-order valence-electron chi connectivity index (χ3n) is 1.98. The van der Waals surface area contributed by atoms with Crippen LogP contribution in [0.3, 0.4) is 0 Å². The molecule has 1 aromatic rings. The third-order valence-corrected chi connectivity index (χ3v) is 2.77. The van der Waals surface area contributed by atoms with Crippen molar-refractivity contribution >= 4 is 13.4 Å². The van der Waals surface area contributed by atoms with E-state index in [1.165, 1.54) is 0 Å². The van der Waals surface area contributed by atoms with Crippen molar-refractivity contribution in [1.82, 2.24) is 0 Å². The lowest BCUT2D eigenvalue weighted by molar-refractivity contribution is 0.567. The Balaban J connectivity index is 3.01. The summed E-state index contributed by atoms with van der Waals surface area (Å²) < 4.78 is 22.9. The Morgan fingerprint density at radius 2 is 1.62 bits per heavy atom. The molecule has 13 heavy (non-hydrogen) atoms. The van der Waals surface area contributed by atoms with Crippen molar-refractivity contribution in [3.8, 4) is 0 Å². The molecular formula is C10H14FOP. The van der Waals surface area contributed by atoms with Crippen LogP contribution in [0.15, 0.2) is 24.3 Å². The largest absolute Gasteiger partial charge is 0.286 e. The molecule has 1 atom stereocenters. The second kappa shape index (κ2) is 3.63. The Bertz CT molecular complexity index is 311. The zero-order chi connectivity index (χ0) is 10.1. The SMILES string of the molecule is CC(C)(C)c1ccc([PH](=O)F)cc1. The van der Waals surface area contributed by atoms with Gasteiger partial charge >= 0.3 is 0 Å². The fourth-order valence-electron chi connectivity index (χ4n) is 1.10. The van der Waals surface area contributed by atoms with E-state index in [1.54, 1.807) is 12.1 Å². The van der Waals surface area contributed by atoms with Crippen LogP contribution >= 0.6 is 8.11 Å². The van der Waals surface area contributed by atoms with E-state index >= 15 is 0 Å². The van der Waals surface area contributed by atoms with Gasteiger partial charge in [-0.2, -0.15) is 4.20 Å². The Hall–Kier alpha value is -0.620. The fraction of sp³-hybridized carbons (Fsp3) is 0.400. The Morgan fingerprint density at radius 3 is 1.92 bits per heavy atom. The summed E-state index contributed by atoms with van der Waals surface area (Å²) in [7, 11) is -3.02. The lowest BCUT2D eigenvalue weighted by Crippen LogP contribution is -2.11. The summed E-state index contributed by atoms with van der Waals surface area (Å²) >= 11 is 0. The summed E-state index contributed by atoms with van der Waals surface area (Å²) in [5.41, 5.74) is 1.18. The first kappa shape index (κ1) is 10.5. The first-order valence-electron chi connectivity index (χ1n) is 4.21. The molecule has 0 saturated heterocycles. The van der Waals surface area contributed by atoms with E-state index in [-0.39, 0.29) is 5.41 Å². The van der Waals surface area contributed by atoms with Crippen LogP contribution in [-0.4, -0.2) is 0 Å². The molecule has 0 radical (unpaired) electrons. The summed E-state index contributed by atoms with van der Waals surface area (Å²) in [5, 5.41) is 0.304. The second-order valence-corrected chi connectivity index (χ2v) is 5.23. The van der Waals surface area contributed by atoms with Gasteiger partial charge in [0.25, 0.3) is 8.11 Å². The van der Waals surface area contributed by atoms with Gasteiger partial charge in [-0.3, -0.25) is 4.57 Å². The van der Waals surface area contributed by atoms with Gasteiger partial charge in [0.2, 0.25) is 0 Å². The van der Waals surface area contributed by atoms with Crippen molar-refractivity contribution < 1.29 is 8.76 Å². The van der Waals surface area contributed by atoms with Crippen LogP contribution in [0.2, 0.25) is 0 Å². The number of hydrogen-bond donors (Lipinski definition) is 0. The molecule has 0 amide bonds. The fourth-order valence-corrected chi connectivity index (χ4v) is 1.53. The van der Waals surface area contributed by atoms with Crippen molar-refractivity contribution in [1.29, 1.82) is 0 Å². The van der Waals surface area contributed by atoms with Crippen LogP contribution in [0.5, 0.6) is 0 Å². The molecule has 1 aromatic carbocycles. The Kier molecular flexibility index (Phi) is 2.92. The third kappa shape index (κ3) is 2.67. The Morgan fingerprint density at radius 1 is 1.15 bits per heavy atom. The van der Waals surface area contributed by atoms with Crippen LogP contribution < -0.4 is 5.30 Å². The first-order chi connectivity index (χ1) is 5.91. The molecule has 1 nitrogen and oxygen atoms in total. The molecule has 72 valence electrons. The van der Waals surface area contributed by atoms with Crippen molar-refractivity contribution in [3.63, 3.8) is 0 Å². The zero-order valence-electron chi connectivity index (χ0n) is 8.10. The average molecular weight is 200 g/mol. The van der Waals surface area contributed by atoms with Crippen molar-refractivity contribution in [2.45, 2.75) is 26.2 Å². The average Bonchev–Trinajstić information content (AvgIpc) is 2.03. The minimum absolute atomic E-state index is 0.0602. The molecule has 1 rings (SSSR count). The van der Waals surface area contributed by atoms with Crippen LogP contribution in [0.1, 0.15) is 26.3 Å². The zero-order valence-corrected chi connectivity index (χ0v) is 9.10. The monoisotopic (exact) mass is 200 g/mol. The van der Waals surface area contributed by atoms with E-state index in [4.69, 9.17) is 0 Å². The standard InChI is InChI=1S/C10H14FOP/c1-10(2,3)8-4-6-9(7-5-8)13(11)12/h4-7,13H,1-3H3. The summed E-state index contributed by atoms with van der Waals surface area (Å²) in [5.74, 6) is 0. The molecule has 0 saturated carbocycles. The highest BCUT2D eigenvalue weighted by Crippen LogP contribution is 2.24. The van der Waals surface area contributed by atoms with Gasteiger partial charge in [0.1, 0.15) is 0 Å². The topological polar surface area (TPSA) is 17.1 Å². The predicted octanol–water partition coefficient (Wildman–Crippen LogP) is 3.05. The van der Waals surface area contributed by atoms with Gasteiger partial charge in [-0.05, 0) is 23.1 Å². The van der Waals surface area contributed by atoms with Gasteiger partial charge in [-0.1, -0.05) is 32.9 Å². The summed E-state index contributed by atoms with van der Waals surface area (Å²) in [6.45, 7) is 6.25. The highest BCUT2D eigenvalue weighted by atomic mass is 31.1. The van der Waals surface area contributed by atoms with E-state index in [0.29, 0.717) is 5.30 Å². The number of rotatable bonds is 1. The van der Waals surface area contributed by atoms with Crippen LogP contribution in [0.25, 0.3) is 0 Å². The molecule has 0 bridgehead atoms. The molecule has 0 fully saturated rings. The summed E-state index contributed by atoms with van der Waals surface area (Å²) in [6, 6.07) is 6.86. The molecule has 0 aromatic heterocycles.